The van der Waals surface area contributed by atoms with E-state index in [1.807, 2.05) is 24.3 Å². The van der Waals surface area contributed by atoms with Crippen molar-refractivity contribution in [2.75, 3.05) is 0 Å². The Bertz CT molecular complexity index is 656. The average molecular weight is 309 g/mol. The Hall–Kier alpha value is -1.62. The monoisotopic (exact) mass is 308 g/mol. The lowest BCUT2D eigenvalue weighted by molar-refractivity contribution is 0.694. The maximum atomic E-state index is 11.8. The number of aromatic amines is 1. The summed E-state index contributed by atoms with van der Waals surface area (Å²) >= 11 is 3.11. The summed E-state index contributed by atoms with van der Waals surface area (Å²) in [5.74, 6) is 0. The minimum absolute atomic E-state index is 0.275. The molecule has 94 valence electrons. The van der Waals surface area contributed by atoms with Crippen molar-refractivity contribution in [2.45, 2.75) is 19.9 Å². The molecule has 0 fully saturated rings. The van der Waals surface area contributed by atoms with Crippen LogP contribution in [0.15, 0.2) is 44.5 Å². The van der Waals surface area contributed by atoms with Crippen LogP contribution in [0.2, 0.25) is 0 Å². The second kappa shape index (κ2) is 5.35. The van der Waals surface area contributed by atoms with Gasteiger partial charge in [-0.25, -0.2) is 4.79 Å². The fraction of sp³-hybridized carbons (Fsp3) is 0.231. The van der Waals surface area contributed by atoms with Gasteiger partial charge in [-0.1, -0.05) is 31.2 Å². The Kier molecular flexibility index (Phi) is 3.81. The van der Waals surface area contributed by atoms with Gasteiger partial charge in [0, 0.05) is 6.20 Å². The van der Waals surface area contributed by atoms with E-state index >= 15 is 0 Å². The largest absolute Gasteiger partial charge is 0.328 e. The maximum absolute atomic E-state index is 11.8. The summed E-state index contributed by atoms with van der Waals surface area (Å²) in [6.45, 7) is 2.36. The van der Waals surface area contributed by atoms with Crippen molar-refractivity contribution >= 4 is 15.9 Å². The third kappa shape index (κ3) is 2.61. The van der Waals surface area contributed by atoms with Crippen LogP contribution in [0.25, 0.3) is 0 Å². The number of benzene rings is 1. The molecule has 1 N–H and O–H groups in total. The summed E-state index contributed by atoms with van der Waals surface area (Å²) in [5, 5.41) is 0. The summed E-state index contributed by atoms with van der Waals surface area (Å²) in [7, 11) is 0. The zero-order valence-corrected chi connectivity index (χ0v) is 11.5. The van der Waals surface area contributed by atoms with Crippen molar-refractivity contribution in [3.8, 4) is 0 Å². The summed E-state index contributed by atoms with van der Waals surface area (Å²) in [4.78, 5) is 25.9. The molecule has 18 heavy (non-hydrogen) atoms. The number of nitrogens with zero attached hydrogens (tertiary/aromatic N) is 1. The van der Waals surface area contributed by atoms with Crippen LogP contribution in [0.1, 0.15) is 18.1 Å². The van der Waals surface area contributed by atoms with Gasteiger partial charge in [-0.3, -0.25) is 9.36 Å². The summed E-state index contributed by atoms with van der Waals surface area (Å²) in [5.41, 5.74) is 1.44. The standard InChI is InChI=1S/C13H13BrN2O2/c1-2-9-3-5-10(6-4-9)8-16-12(17)11(14)7-15-13(16)18/h3-7H,2,8H2,1H3,(H,15,18). The number of hydrogen-bond acceptors (Lipinski definition) is 2. The lowest BCUT2D eigenvalue weighted by atomic mass is 10.1. The van der Waals surface area contributed by atoms with Crippen LogP contribution in [0.3, 0.4) is 0 Å². The summed E-state index contributed by atoms with van der Waals surface area (Å²) in [6, 6.07) is 7.89. The Balaban J connectivity index is 2.37. The number of hydrogen-bond donors (Lipinski definition) is 1. The first-order valence-electron chi connectivity index (χ1n) is 5.67. The third-order valence-corrected chi connectivity index (χ3v) is 3.36. The molecule has 0 radical (unpaired) electrons. The lowest BCUT2D eigenvalue weighted by Crippen LogP contribution is -2.35. The van der Waals surface area contributed by atoms with Crippen LogP contribution in [-0.2, 0) is 13.0 Å². The van der Waals surface area contributed by atoms with Crippen LogP contribution in [-0.4, -0.2) is 9.55 Å². The van der Waals surface area contributed by atoms with Crippen molar-refractivity contribution in [3.05, 3.63) is 66.9 Å². The highest BCUT2D eigenvalue weighted by Gasteiger charge is 2.05. The molecule has 5 heteroatoms. The predicted octanol–water partition coefficient (Wildman–Crippen LogP) is 1.91. The number of nitrogens with one attached hydrogen (secondary N) is 1. The van der Waals surface area contributed by atoms with E-state index in [1.165, 1.54) is 16.3 Å². The quantitative estimate of drug-likeness (QED) is 0.941. The van der Waals surface area contributed by atoms with Crippen LogP contribution in [0.4, 0.5) is 0 Å². The number of aromatic nitrogens is 2. The Morgan fingerprint density at radius 3 is 2.39 bits per heavy atom. The topological polar surface area (TPSA) is 54.9 Å². The van der Waals surface area contributed by atoms with E-state index in [2.05, 4.69) is 27.8 Å². The Morgan fingerprint density at radius 2 is 1.78 bits per heavy atom. The van der Waals surface area contributed by atoms with Crippen molar-refractivity contribution in [3.63, 3.8) is 0 Å². The highest BCUT2D eigenvalue weighted by atomic mass is 79.9. The fourth-order valence-corrected chi connectivity index (χ4v) is 2.02. The molecule has 1 aromatic carbocycles. The molecule has 0 bridgehead atoms. The molecule has 0 aliphatic carbocycles. The average Bonchev–Trinajstić information content (AvgIpc) is 2.40. The van der Waals surface area contributed by atoms with Crippen molar-refractivity contribution in [1.82, 2.24) is 9.55 Å². The molecule has 0 aliphatic heterocycles. The van der Waals surface area contributed by atoms with Gasteiger partial charge in [-0.05, 0) is 33.5 Å². The van der Waals surface area contributed by atoms with E-state index in [9.17, 15) is 9.59 Å². The van der Waals surface area contributed by atoms with Crippen molar-refractivity contribution in [2.24, 2.45) is 0 Å². The maximum Gasteiger partial charge on any atom is 0.328 e. The van der Waals surface area contributed by atoms with Crippen molar-refractivity contribution in [1.29, 1.82) is 0 Å². The first-order valence-corrected chi connectivity index (χ1v) is 6.47. The molecule has 0 saturated heterocycles. The van der Waals surface area contributed by atoms with Crippen LogP contribution in [0.5, 0.6) is 0 Å². The van der Waals surface area contributed by atoms with Gasteiger partial charge >= 0.3 is 5.69 Å². The van der Waals surface area contributed by atoms with E-state index < -0.39 is 5.69 Å². The summed E-state index contributed by atoms with van der Waals surface area (Å²) < 4.78 is 1.53. The van der Waals surface area contributed by atoms with E-state index in [4.69, 9.17) is 0 Å². The number of halogens is 1. The minimum atomic E-state index is -0.400. The molecule has 0 saturated carbocycles. The minimum Gasteiger partial charge on any atom is -0.313 e. The molecule has 1 heterocycles. The van der Waals surface area contributed by atoms with Crippen LogP contribution in [0, 0.1) is 0 Å². The molecule has 0 aliphatic rings. The number of aryl methyl sites for hydroxylation is 1. The number of rotatable bonds is 3. The Labute approximate surface area is 112 Å². The number of H-pyrrole nitrogens is 1. The second-order valence-electron chi connectivity index (χ2n) is 4.00. The van der Waals surface area contributed by atoms with Gasteiger partial charge in [0.2, 0.25) is 0 Å². The predicted molar refractivity (Wildman–Crippen MR) is 73.9 cm³/mol. The normalized spacial score (nSPS) is 10.6. The molecule has 0 atom stereocenters. The van der Waals surface area contributed by atoms with E-state index in [1.54, 1.807) is 0 Å². The summed E-state index contributed by atoms with van der Waals surface area (Å²) in [6.07, 6.45) is 2.33. The van der Waals surface area contributed by atoms with Crippen LogP contribution >= 0.6 is 15.9 Å². The molecular weight excluding hydrogens is 296 g/mol. The lowest BCUT2D eigenvalue weighted by Gasteiger charge is -2.05. The van der Waals surface area contributed by atoms with Gasteiger partial charge in [-0.15, -0.1) is 0 Å². The molecule has 1 aromatic heterocycles. The Morgan fingerprint density at radius 1 is 1.17 bits per heavy atom. The fourth-order valence-electron chi connectivity index (χ4n) is 1.69. The zero-order chi connectivity index (χ0) is 13.1. The third-order valence-electron chi connectivity index (χ3n) is 2.79. The first-order chi connectivity index (χ1) is 8.61. The smallest absolute Gasteiger partial charge is 0.313 e. The van der Waals surface area contributed by atoms with Gasteiger partial charge in [0.05, 0.1) is 11.0 Å². The molecular formula is C13H13BrN2O2. The van der Waals surface area contributed by atoms with Crippen molar-refractivity contribution < 1.29 is 0 Å². The van der Waals surface area contributed by atoms with Gasteiger partial charge in [-0.2, -0.15) is 0 Å². The highest BCUT2D eigenvalue weighted by Crippen LogP contribution is 2.06. The van der Waals surface area contributed by atoms with Gasteiger partial charge in [0.15, 0.2) is 0 Å². The molecule has 0 amide bonds. The van der Waals surface area contributed by atoms with E-state index in [0.717, 1.165) is 12.0 Å². The molecule has 2 rings (SSSR count). The molecule has 0 unspecified atom stereocenters. The molecule has 4 nitrogen and oxygen atoms in total. The van der Waals surface area contributed by atoms with E-state index in [0.29, 0.717) is 4.47 Å². The van der Waals surface area contributed by atoms with Gasteiger partial charge < -0.3 is 4.98 Å². The zero-order valence-electron chi connectivity index (χ0n) is 9.94. The second-order valence-corrected chi connectivity index (χ2v) is 4.86. The first kappa shape index (κ1) is 12.8. The van der Waals surface area contributed by atoms with Gasteiger partial charge in [0.25, 0.3) is 5.56 Å². The van der Waals surface area contributed by atoms with Crippen LogP contribution < -0.4 is 11.2 Å². The van der Waals surface area contributed by atoms with E-state index in [-0.39, 0.29) is 12.1 Å². The SMILES string of the molecule is CCc1ccc(Cn2c(=O)[nH]cc(Br)c2=O)cc1. The molecule has 0 spiro atoms. The van der Waals surface area contributed by atoms with Gasteiger partial charge in [0.1, 0.15) is 0 Å². The highest BCUT2D eigenvalue weighted by molar-refractivity contribution is 9.10. The molecule has 2 aromatic rings.